The van der Waals surface area contributed by atoms with Crippen LogP contribution in [0.25, 0.3) is 0 Å². The topological polar surface area (TPSA) is 44.5 Å². The van der Waals surface area contributed by atoms with Gasteiger partial charge in [0.15, 0.2) is 0 Å². The van der Waals surface area contributed by atoms with Crippen LogP contribution in [0.1, 0.15) is 12.5 Å². The first-order valence-corrected chi connectivity index (χ1v) is 6.15. The van der Waals surface area contributed by atoms with Gasteiger partial charge in [-0.05, 0) is 25.1 Å². The van der Waals surface area contributed by atoms with Crippen molar-refractivity contribution in [2.45, 2.75) is 6.92 Å². The molecule has 0 saturated carbocycles. The van der Waals surface area contributed by atoms with Crippen LogP contribution in [0, 0.1) is 0 Å². The van der Waals surface area contributed by atoms with Gasteiger partial charge in [0.1, 0.15) is 17.3 Å². The van der Waals surface area contributed by atoms with Gasteiger partial charge in [-0.3, -0.25) is 0 Å². The van der Waals surface area contributed by atoms with Crippen molar-refractivity contribution in [2.75, 3.05) is 19.8 Å². The summed E-state index contributed by atoms with van der Waals surface area (Å²) in [6.45, 7) is 3.68. The number of hydrogen-bond donors (Lipinski definition) is 1. The summed E-state index contributed by atoms with van der Waals surface area (Å²) < 4.78 is 11.6. The molecule has 0 radical (unpaired) electrons. The SMILES string of the molecule is CCOCCOc1ccc(Br)cc1C(N)=S. The van der Waals surface area contributed by atoms with Gasteiger partial charge in [-0.1, -0.05) is 28.1 Å². The van der Waals surface area contributed by atoms with Crippen molar-refractivity contribution in [3.8, 4) is 5.75 Å². The van der Waals surface area contributed by atoms with Crippen LogP contribution in [0.5, 0.6) is 5.75 Å². The monoisotopic (exact) mass is 303 g/mol. The Morgan fingerprint density at radius 2 is 2.19 bits per heavy atom. The number of benzene rings is 1. The molecule has 0 bridgehead atoms. The smallest absolute Gasteiger partial charge is 0.129 e. The average Bonchev–Trinajstić information content (AvgIpc) is 2.26. The van der Waals surface area contributed by atoms with Crippen molar-refractivity contribution < 1.29 is 9.47 Å². The highest BCUT2D eigenvalue weighted by molar-refractivity contribution is 9.10. The van der Waals surface area contributed by atoms with E-state index < -0.39 is 0 Å². The summed E-state index contributed by atoms with van der Waals surface area (Å²) in [5.41, 5.74) is 6.35. The zero-order chi connectivity index (χ0) is 12.0. The van der Waals surface area contributed by atoms with E-state index in [-0.39, 0.29) is 0 Å². The van der Waals surface area contributed by atoms with E-state index in [1.54, 1.807) is 0 Å². The quantitative estimate of drug-likeness (QED) is 0.648. The van der Waals surface area contributed by atoms with Gasteiger partial charge in [0, 0.05) is 11.1 Å². The average molecular weight is 304 g/mol. The van der Waals surface area contributed by atoms with Crippen molar-refractivity contribution in [1.29, 1.82) is 0 Å². The molecule has 3 nitrogen and oxygen atoms in total. The summed E-state index contributed by atoms with van der Waals surface area (Å²) in [6, 6.07) is 5.57. The number of halogens is 1. The van der Waals surface area contributed by atoms with E-state index in [0.29, 0.717) is 30.6 Å². The molecule has 0 aliphatic carbocycles. The van der Waals surface area contributed by atoms with Crippen molar-refractivity contribution in [2.24, 2.45) is 5.73 Å². The lowest BCUT2D eigenvalue weighted by molar-refractivity contribution is 0.110. The molecule has 1 aromatic carbocycles. The second-order valence-electron chi connectivity index (χ2n) is 3.05. The third-order valence-electron chi connectivity index (χ3n) is 1.90. The van der Waals surface area contributed by atoms with Crippen LogP contribution in [0.4, 0.5) is 0 Å². The van der Waals surface area contributed by atoms with E-state index in [0.717, 1.165) is 10.0 Å². The summed E-state index contributed by atoms with van der Waals surface area (Å²) >= 11 is 8.32. The molecule has 0 unspecified atom stereocenters. The Morgan fingerprint density at radius 1 is 1.44 bits per heavy atom. The molecular formula is C11H14BrNO2S. The lowest BCUT2D eigenvalue weighted by Crippen LogP contribution is -2.13. The predicted octanol–water partition coefficient (Wildman–Crippen LogP) is 2.50. The van der Waals surface area contributed by atoms with Crippen LogP contribution in [0.15, 0.2) is 22.7 Å². The molecule has 0 aliphatic rings. The van der Waals surface area contributed by atoms with Crippen LogP contribution in [0.3, 0.4) is 0 Å². The zero-order valence-corrected chi connectivity index (χ0v) is 11.4. The molecule has 16 heavy (non-hydrogen) atoms. The number of rotatable bonds is 6. The van der Waals surface area contributed by atoms with Gasteiger partial charge in [0.25, 0.3) is 0 Å². The zero-order valence-electron chi connectivity index (χ0n) is 9.03. The standard InChI is InChI=1S/C11H14BrNO2S/c1-2-14-5-6-15-10-4-3-8(12)7-9(10)11(13)16/h3-4,7H,2,5-6H2,1H3,(H2,13,16). The first-order chi connectivity index (χ1) is 7.65. The first kappa shape index (κ1) is 13.4. The summed E-state index contributed by atoms with van der Waals surface area (Å²) in [5, 5.41) is 0. The Balaban J connectivity index is 2.67. The Morgan fingerprint density at radius 3 is 2.81 bits per heavy atom. The molecule has 0 aromatic heterocycles. The van der Waals surface area contributed by atoms with Gasteiger partial charge >= 0.3 is 0 Å². The summed E-state index contributed by atoms with van der Waals surface area (Å²) in [7, 11) is 0. The summed E-state index contributed by atoms with van der Waals surface area (Å²) in [5.74, 6) is 0.690. The molecule has 1 aromatic rings. The molecule has 2 N–H and O–H groups in total. The summed E-state index contributed by atoms with van der Waals surface area (Å²) in [4.78, 5) is 0.327. The van der Waals surface area contributed by atoms with E-state index in [2.05, 4.69) is 15.9 Å². The fourth-order valence-corrected chi connectivity index (χ4v) is 1.70. The predicted molar refractivity (Wildman–Crippen MR) is 72.0 cm³/mol. The highest BCUT2D eigenvalue weighted by Gasteiger charge is 2.06. The minimum Gasteiger partial charge on any atom is -0.490 e. The number of ether oxygens (including phenoxy) is 2. The highest BCUT2D eigenvalue weighted by Crippen LogP contribution is 2.23. The molecule has 1 rings (SSSR count). The normalized spacial score (nSPS) is 10.1. The Labute approximate surface area is 109 Å². The van der Waals surface area contributed by atoms with E-state index in [4.69, 9.17) is 27.4 Å². The van der Waals surface area contributed by atoms with Gasteiger partial charge in [-0.2, -0.15) is 0 Å². The maximum Gasteiger partial charge on any atom is 0.129 e. The highest BCUT2D eigenvalue weighted by atomic mass is 79.9. The number of nitrogens with two attached hydrogens (primary N) is 1. The Hall–Kier alpha value is -0.650. The van der Waals surface area contributed by atoms with E-state index in [9.17, 15) is 0 Å². The third kappa shape index (κ3) is 4.08. The molecular weight excluding hydrogens is 290 g/mol. The molecule has 0 amide bonds. The van der Waals surface area contributed by atoms with Crippen LogP contribution in [-0.4, -0.2) is 24.8 Å². The van der Waals surface area contributed by atoms with Gasteiger partial charge in [-0.15, -0.1) is 0 Å². The fourth-order valence-electron chi connectivity index (χ4n) is 1.18. The minimum atomic E-state index is 0.327. The second-order valence-corrected chi connectivity index (χ2v) is 4.41. The van der Waals surface area contributed by atoms with Crippen LogP contribution in [-0.2, 0) is 4.74 Å². The Bertz CT molecular complexity index is 371. The van der Waals surface area contributed by atoms with Crippen LogP contribution < -0.4 is 10.5 Å². The fraction of sp³-hybridized carbons (Fsp3) is 0.364. The van der Waals surface area contributed by atoms with Gasteiger partial charge in [0.2, 0.25) is 0 Å². The molecule has 0 atom stereocenters. The van der Waals surface area contributed by atoms with Crippen molar-refractivity contribution >= 4 is 33.1 Å². The molecule has 0 aliphatic heterocycles. The lowest BCUT2D eigenvalue weighted by atomic mass is 10.2. The lowest BCUT2D eigenvalue weighted by Gasteiger charge is -2.10. The number of thiocarbonyl (C=S) groups is 1. The molecule has 5 heteroatoms. The van der Waals surface area contributed by atoms with Crippen LogP contribution in [0.2, 0.25) is 0 Å². The van der Waals surface area contributed by atoms with Crippen LogP contribution >= 0.6 is 28.1 Å². The van der Waals surface area contributed by atoms with E-state index in [1.165, 1.54) is 0 Å². The van der Waals surface area contributed by atoms with Gasteiger partial charge in [0.05, 0.1) is 12.2 Å². The van der Waals surface area contributed by atoms with Gasteiger partial charge in [-0.25, -0.2) is 0 Å². The van der Waals surface area contributed by atoms with Gasteiger partial charge < -0.3 is 15.2 Å². The molecule has 0 fully saturated rings. The second kappa shape index (κ2) is 6.83. The molecule has 0 heterocycles. The first-order valence-electron chi connectivity index (χ1n) is 4.95. The van der Waals surface area contributed by atoms with Crippen molar-refractivity contribution in [3.63, 3.8) is 0 Å². The minimum absolute atomic E-state index is 0.327. The van der Waals surface area contributed by atoms with Crippen molar-refractivity contribution in [3.05, 3.63) is 28.2 Å². The van der Waals surface area contributed by atoms with Crippen molar-refractivity contribution in [1.82, 2.24) is 0 Å². The van der Waals surface area contributed by atoms with E-state index in [1.807, 2.05) is 25.1 Å². The Kier molecular flexibility index (Phi) is 5.73. The summed E-state index contributed by atoms with van der Waals surface area (Å²) in [6.07, 6.45) is 0. The maximum atomic E-state index is 5.61. The molecule has 0 spiro atoms. The largest absolute Gasteiger partial charge is 0.490 e. The maximum absolute atomic E-state index is 5.61. The molecule has 88 valence electrons. The third-order valence-corrected chi connectivity index (χ3v) is 2.61. The van der Waals surface area contributed by atoms with E-state index >= 15 is 0 Å². The number of hydrogen-bond acceptors (Lipinski definition) is 3. The molecule has 0 saturated heterocycles.